The predicted molar refractivity (Wildman–Crippen MR) is 75.8 cm³/mol. The van der Waals surface area contributed by atoms with Crippen molar-refractivity contribution < 1.29 is 9.53 Å². The Morgan fingerprint density at radius 3 is 2.65 bits per heavy atom. The summed E-state index contributed by atoms with van der Waals surface area (Å²) in [6.07, 6.45) is 0.738. The van der Waals surface area contributed by atoms with Crippen LogP contribution < -0.4 is 4.74 Å². The zero-order chi connectivity index (χ0) is 14.6. The van der Waals surface area contributed by atoms with Crippen LogP contribution in [0.3, 0.4) is 0 Å². The molecule has 1 atom stereocenters. The van der Waals surface area contributed by atoms with Gasteiger partial charge in [0, 0.05) is 12.8 Å². The van der Waals surface area contributed by atoms with Gasteiger partial charge in [0.15, 0.2) is 5.78 Å². The number of ketones is 1. The summed E-state index contributed by atoms with van der Waals surface area (Å²) >= 11 is 6.19. The van der Waals surface area contributed by atoms with E-state index in [9.17, 15) is 4.79 Å². The van der Waals surface area contributed by atoms with Crippen molar-refractivity contribution in [3.63, 3.8) is 0 Å². The number of carbonyl (C=O) groups excluding carboxylic acids is 1. The van der Waals surface area contributed by atoms with Crippen LogP contribution in [0.5, 0.6) is 5.75 Å². The van der Waals surface area contributed by atoms with Gasteiger partial charge in [-0.05, 0) is 26.0 Å². The fourth-order valence-corrected chi connectivity index (χ4v) is 1.95. The molecule has 1 heterocycles. The molecule has 0 spiro atoms. The number of hydrogen-bond acceptors (Lipinski definition) is 4. The first-order valence-corrected chi connectivity index (χ1v) is 6.69. The number of rotatable bonds is 6. The van der Waals surface area contributed by atoms with Crippen molar-refractivity contribution in [3.05, 3.63) is 41.7 Å². The van der Waals surface area contributed by atoms with E-state index in [1.54, 1.807) is 19.1 Å². The number of H-pyrrole nitrogens is 1. The lowest BCUT2D eigenvalue weighted by Crippen LogP contribution is -2.35. The maximum Gasteiger partial charge on any atom is 0.237 e. The van der Waals surface area contributed by atoms with Crippen molar-refractivity contribution in [2.24, 2.45) is 0 Å². The highest BCUT2D eigenvalue weighted by atomic mass is 35.5. The third kappa shape index (κ3) is 3.57. The molecule has 2 rings (SSSR count). The van der Waals surface area contributed by atoms with Crippen LogP contribution in [0.25, 0.3) is 0 Å². The first kappa shape index (κ1) is 14.5. The van der Waals surface area contributed by atoms with E-state index in [-0.39, 0.29) is 12.2 Å². The number of aromatic amines is 1. The van der Waals surface area contributed by atoms with Crippen molar-refractivity contribution in [2.45, 2.75) is 31.7 Å². The van der Waals surface area contributed by atoms with E-state index in [4.69, 9.17) is 16.3 Å². The molecule has 0 aliphatic heterocycles. The molecule has 2 aromatic rings. The Balaban J connectivity index is 1.95. The van der Waals surface area contributed by atoms with Crippen LogP contribution in [0.4, 0.5) is 0 Å². The standard InChI is InChI=1S/C14H16ClN3O2/c1-10-12(17-18-16-10)8-9-13(19)14(2,15)20-11-6-4-3-5-7-11/h3-7H,8-9H2,1-2H3,(H,16,17,18). The van der Waals surface area contributed by atoms with Gasteiger partial charge in [-0.25, -0.2) is 0 Å². The number of aryl methyl sites for hydroxylation is 2. The van der Waals surface area contributed by atoms with E-state index in [1.165, 1.54) is 0 Å². The molecule has 1 aromatic heterocycles. The van der Waals surface area contributed by atoms with Gasteiger partial charge in [-0.1, -0.05) is 29.8 Å². The smallest absolute Gasteiger partial charge is 0.237 e. The second-order valence-corrected chi connectivity index (χ2v) is 5.33. The molecule has 0 aliphatic rings. The average molecular weight is 294 g/mol. The van der Waals surface area contributed by atoms with E-state index < -0.39 is 5.06 Å². The van der Waals surface area contributed by atoms with Crippen molar-refractivity contribution in [3.8, 4) is 5.75 Å². The highest BCUT2D eigenvalue weighted by Gasteiger charge is 2.32. The van der Waals surface area contributed by atoms with Crippen molar-refractivity contribution in [1.29, 1.82) is 0 Å². The number of nitrogens with zero attached hydrogens (tertiary/aromatic N) is 2. The second kappa shape index (κ2) is 6.05. The Hall–Kier alpha value is -1.88. The number of nitrogens with one attached hydrogen (secondary N) is 1. The summed E-state index contributed by atoms with van der Waals surface area (Å²) in [6, 6.07) is 9.04. The Kier molecular flexibility index (Phi) is 4.39. The number of para-hydroxylation sites is 1. The lowest BCUT2D eigenvalue weighted by molar-refractivity contribution is -0.127. The van der Waals surface area contributed by atoms with Crippen molar-refractivity contribution in [2.75, 3.05) is 0 Å². The number of aromatic nitrogens is 3. The molecule has 1 N–H and O–H groups in total. The molecule has 0 radical (unpaired) electrons. The normalized spacial score (nSPS) is 13.8. The summed E-state index contributed by atoms with van der Waals surface area (Å²) in [5.74, 6) is 0.376. The molecule has 0 amide bonds. The molecule has 0 saturated heterocycles. The van der Waals surface area contributed by atoms with Crippen LogP contribution in [0, 0.1) is 6.92 Å². The zero-order valence-electron chi connectivity index (χ0n) is 11.4. The van der Waals surface area contributed by atoms with Crippen LogP contribution in [0.1, 0.15) is 24.7 Å². The quantitative estimate of drug-likeness (QED) is 0.831. The van der Waals surface area contributed by atoms with Gasteiger partial charge in [0.05, 0.1) is 11.4 Å². The largest absolute Gasteiger partial charge is 0.465 e. The highest BCUT2D eigenvalue weighted by molar-refractivity contribution is 6.33. The minimum atomic E-state index is -1.38. The fourth-order valence-electron chi connectivity index (χ4n) is 1.76. The summed E-state index contributed by atoms with van der Waals surface area (Å²) in [5, 5.41) is 9.04. The average Bonchev–Trinajstić information content (AvgIpc) is 2.82. The first-order chi connectivity index (χ1) is 9.49. The van der Waals surface area contributed by atoms with E-state index in [2.05, 4.69) is 15.4 Å². The van der Waals surface area contributed by atoms with Gasteiger partial charge < -0.3 is 4.74 Å². The Labute approximate surface area is 122 Å². The maximum absolute atomic E-state index is 12.2. The van der Waals surface area contributed by atoms with Gasteiger partial charge in [0.1, 0.15) is 5.75 Å². The molecule has 5 nitrogen and oxygen atoms in total. The summed E-state index contributed by atoms with van der Waals surface area (Å²) in [7, 11) is 0. The molecule has 0 saturated carbocycles. The topological polar surface area (TPSA) is 67.9 Å². The van der Waals surface area contributed by atoms with Gasteiger partial charge in [0.25, 0.3) is 0 Å². The lowest BCUT2D eigenvalue weighted by Gasteiger charge is -2.22. The van der Waals surface area contributed by atoms with Gasteiger partial charge in [-0.3, -0.25) is 4.79 Å². The molecule has 20 heavy (non-hydrogen) atoms. The van der Waals surface area contributed by atoms with Crippen LogP contribution in [-0.4, -0.2) is 26.3 Å². The summed E-state index contributed by atoms with van der Waals surface area (Å²) < 4.78 is 5.54. The van der Waals surface area contributed by atoms with Crippen LogP contribution in [0.15, 0.2) is 30.3 Å². The molecule has 0 fully saturated rings. The van der Waals surface area contributed by atoms with Crippen LogP contribution in [-0.2, 0) is 11.2 Å². The zero-order valence-corrected chi connectivity index (χ0v) is 12.1. The van der Waals surface area contributed by atoms with Crippen molar-refractivity contribution in [1.82, 2.24) is 15.4 Å². The Morgan fingerprint density at radius 2 is 2.05 bits per heavy atom. The molecule has 1 aromatic carbocycles. The van der Waals surface area contributed by atoms with Crippen molar-refractivity contribution >= 4 is 17.4 Å². The fraction of sp³-hybridized carbons (Fsp3) is 0.357. The molecular weight excluding hydrogens is 278 g/mol. The first-order valence-electron chi connectivity index (χ1n) is 6.31. The third-order valence-electron chi connectivity index (χ3n) is 2.96. The monoisotopic (exact) mass is 293 g/mol. The SMILES string of the molecule is Cc1n[nH]nc1CCC(=O)C(C)(Cl)Oc1ccccc1. The highest BCUT2D eigenvalue weighted by Crippen LogP contribution is 2.24. The van der Waals surface area contributed by atoms with Gasteiger partial charge in [-0.2, -0.15) is 15.4 Å². The molecule has 0 bridgehead atoms. The lowest BCUT2D eigenvalue weighted by atomic mass is 10.1. The van der Waals surface area contributed by atoms with E-state index in [1.807, 2.05) is 25.1 Å². The van der Waals surface area contributed by atoms with Gasteiger partial charge in [-0.15, -0.1) is 0 Å². The third-order valence-corrected chi connectivity index (χ3v) is 3.25. The summed E-state index contributed by atoms with van der Waals surface area (Å²) in [4.78, 5) is 12.2. The minimum Gasteiger partial charge on any atom is -0.465 e. The summed E-state index contributed by atoms with van der Waals surface area (Å²) in [6.45, 7) is 3.39. The number of benzene rings is 1. The molecule has 6 heteroatoms. The molecule has 0 aliphatic carbocycles. The van der Waals surface area contributed by atoms with Crippen LogP contribution in [0.2, 0.25) is 0 Å². The molecular formula is C14H16ClN3O2. The van der Waals surface area contributed by atoms with Gasteiger partial charge >= 0.3 is 0 Å². The van der Waals surface area contributed by atoms with E-state index >= 15 is 0 Å². The van der Waals surface area contributed by atoms with Gasteiger partial charge in [0.2, 0.25) is 5.06 Å². The number of ether oxygens (including phenoxy) is 1. The predicted octanol–water partition coefficient (Wildman–Crippen LogP) is 2.65. The Bertz CT molecular complexity index is 581. The number of Topliss-reactive ketones (excluding diaryl/α,β-unsaturated/α-hetero) is 1. The Morgan fingerprint density at radius 1 is 1.35 bits per heavy atom. The summed E-state index contributed by atoms with van der Waals surface area (Å²) in [5.41, 5.74) is 1.56. The minimum absolute atomic E-state index is 0.189. The number of hydrogen-bond donors (Lipinski definition) is 1. The number of carbonyl (C=O) groups is 1. The van der Waals surface area contributed by atoms with E-state index in [0.717, 1.165) is 11.4 Å². The second-order valence-electron chi connectivity index (χ2n) is 4.61. The van der Waals surface area contributed by atoms with E-state index in [0.29, 0.717) is 12.2 Å². The maximum atomic E-state index is 12.2. The molecule has 1 unspecified atom stereocenters. The molecule has 106 valence electrons. The number of halogens is 1. The van der Waals surface area contributed by atoms with Crippen LogP contribution >= 0.6 is 11.6 Å². The number of alkyl halides is 1.